The molecule has 1 rings (SSSR count). The second-order valence-corrected chi connectivity index (χ2v) is 2.59. The van der Waals surface area contributed by atoms with E-state index >= 15 is 0 Å². The van der Waals surface area contributed by atoms with Crippen molar-refractivity contribution in [1.82, 2.24) is 5.48 Å². The molecule has 0 heterocycles. The van der Waals surface area contributed by atoms with Gasteiger partial charge in [-0.05, 0) is 12.1 Å². The van der Waals surface area contributed by atoms with E-state index in [1.807, 2.05) is 0 Å². The Balaban J connectivity index is 3.14. The first-order valence-corrected chi connectivity index (χ1v) is 3.71. The molecule has 0 spiro atoms. The normalized spacial score (nSPS) is 11.5. The van der Waals surface area contributed by atoms with Crippen molar-refractivity contribution in [2.24, 2.45) is 10.7 Å². The average molecular weight is 204 g/mol. The molecule has 4 nitrogen and oxygen atoms in total. The van der Waals surface area contributed by atoms with Gasteiger partial charge in [-0.2, -0.15) is 0 Å². The van der Waals surface area contributed by atoms with Crippen LogP contribution in [0, 0.1) is 5.82 Å². The summed E-state index contributed by atoms with van der Waals surface area (Å²) in [6, 6.07) is 4.10. The van der Waals surface area contributed by atoms with Crippen molar-refractivity contribution in [2.75, 3.05) is 0 Å². The fourth-order valence-electron chi connectivity index (χ4n) is 0.741. The van der Waals surface area contributed by atoms with Crippen LogP contribution in [0.25, 0.3) is 0 Å². The molecule has 0 saturated heterocycles. The molecule has 0 aliphatic heterocycles. The van der Waals surface area contributed by atoms with E-state index in [0.29, 0.717) is 0 Å². The molecule has 0 fully saturated rings. The summed E-state index contributed by atoms with van der Waals surface area (Å²) in [6.45, 7) is 0. The van der Waals surface area contributed by atoms with Crippen LogP contribution in [0.1, 0.15) is 0 Å². The molecule has 0 radical (unpaired) electrons. The lowest BCUT2D eigenvalue weighted by Crippen LogP contribution is -2.27. The fourth-order valence-corrected chi connectivity index (χ4v) is 0.947. The van der Waals surface area contributed by atoms with Crippen molar-refractivity contribution < 1.29 is 9.60 Å². The van der Waals surface area contributed by atoms with Crippen LogP contribution < -0.4 is 11.2 Å². The van der Waals surface area contributed by atoms with Gasteiger partial charge in [0.2, 0.25) is 5.96 Å². The van der Waals surface area contributed by atoms with Gasteiger partial charge < -0.3 is 5.73 Å². The molecule has 0 saturated carbocycles. The van der Waals surface area contributed by atoms with Gasteiger partial charge in [0, 0.05) is 0 Å². The number of nitrogens with two attached hydrogens (primary N) is 1. The molecule has 6 heteroatoms. The summed E-state index contributed by atoms with van der Waals surface area (Å²) in [5, 5.41) is 8.43. The number of guanidine groups is 1. The lowest BCUT2D eigenvalue weighted by atomic mass is 10.3. The third kappa shape index (κ3) is 2.30. The van der Waals surface area contributed by atoms with Gasteiger partial charge in [-0.25, -0.2) is 14.9 Å². The van der Waals surface area contributed by atoms with E-state index < -0.39 is 5.82 Å². The summed E-state index contributed by atoms with van der Waals surface area (Å²) in [5.41, 5.74) is 6.57. The van der Waals surface area contributed by atoms with Gasteiger partial charge in [-0.3, -0.25) is 5.21 Å². The molecule has 13 heavy (non-hydrogen) atoms. The summed E-state index contributed by atoms with van der Waals surface area (Å²) < 4.78 is 13.0. The van der Waals surface area contributed by atoms with Gasteiger partial charge >= 0.3 is 0 Å². The van der Waals surface area contributed by atoms with E-state index in [-0.39, 0.29) is 16.7 Å². The lowest BCUT2D eigenvalue weighted by molar-refractivity contribution is 0.233. The minimum atomic E-state index is -0.606. The summed E-state index contributed by atoms with van der Waals surface area (Å²) >= 11 is 5.62. The van der Waals surface area contributed by atoms with Crippen LogP contribution in [-0.4, -0.2) is 11.2 Å². The van der Waals surface area contributed by atoms with Crippen molar-refractivity contribution in [3.05, 3.63) is 29.0 Å². The van der Waals surface area contributed by atoms with E-state index in [9.17, 15) is 4.39 Å². The largest absolute Gasteiger partial charge is 0.368 e. The van der Waals surface area contributed by atoms with Crippen LogP contribution in [0.3, 0.4) is 0 Å². The Morgan fingerprint density at radius 1 is 1.62 bits per heavy atom. The van der Waals surface area contributed by atoms with E-state index in [4.69, 9.17) is 22.5 Å². The maximum absolute atomic E-state index is 13.0. The monoisotopic (exact) mass is 203 g/mol. The highest BCUT2D eigenvalue weighted by Crippen LogP contribution is 2.27. The highest BCUT2D eigenvalue weighted by Gasteiger charge is 2.05. The minimum absolute atomic E-state index is 0.108. The Hall–Kier alpha value is -1.33. The molecule has 70 valence electrons. The number of hydroxylamine groups is 1. The first-order valence-electron chi connectivity index (χ1n) is 3.33. The number of hydrogen-bond donors (Lipinski definition) is 3. The van der Waals surface area contributed by atoms with Gasteiger partial charge in [-0.15, -0.1) is 0 Å². The molecule has 0 aliphatic carbocycles. The topological polar surface area (TPSA) is 70.6 Å². The first-order chi connectivity index (χ1) is 6.15. The number of hydrogen-bond acceptors (Lipinski definition) is 2. The second kappa shape index (κ2) is 4.06. The highest BCUT2D eigenvalue weighted by atomic mass is 35.5. The number of nitrogens with zero attached hydrogens (tertiary/aromatic N) is 1. The highest BCUT2D eigenvalue weighted by molar-refractivity contribution is 6.33. The number of halogens is 2. The van der Waals surface area contributed by atoms with E-state index in [0.717, 1.165) is 0 Å². The van der Waals surface area contributed by atoms with E-state index in [1.54, 1.807) is 5.48 Å². The minimum Gasteiger partial charge on any atom is -0.368 e. The van der Waals surface area contributed by atoms with Gasteiger partial charge in [0.1, 0.15) is 11.5 Å². The molecule has 0 atom stereocenters. The zero-order valence-corrected chi connectivity index (χ0v) is 7.22. The zero-order chi connectivity index (χ0) is 9.84. The van der Waals surface area contributed by atoms with Gasteiger partial charge in [0.05, 0.1) is 5.02 Å². The number of aliphatic imine (C=N–C) groups is 1. The van der Waals surface area contributed by atoms with Crippen molar-refractivity contribution in [1.29, 1.82) is 0 Å². The molecule has 0 bridgehead atoms. The molecular weight excluding hydrogens is 197 g/mol. The van der Waals surface area contributed by atoms with E-state index in [1.165, 1.54) is 18.2 Å². The number of benzene rings is 1. The summed E-state index contributed by atoms with van der Waals surface area (Å²) in [4.78, 5) is 3.50. The molecular formula is C7H7ClFN3O. The van der Waals surface area contributed by atoms with Crippen LogP contribution >= 0.6 is 11.6 Å². The van der Waals surface area contributed by atoms with E-state index in [2.05, 4.69) is 4.99 Å². The van der Waals surface area contributed by atoms with Crippen LogP contribution in [0.5, 0.6) is 0 Å². The number of para-hydroxylation sites is 1. The molecule has 0 aliphatic rings. The summed E-state index contributed by atoms with van der Waals surface area (Å²) in [6.07, 6.45) is 0. The molecule has 0 amide bonds. The first kappa shape index (κ1) is 9.76. The smallest absolute Gasteiger partial charge is 0.218 e. The second-order valence-electron chi connectivity index (χ2n) is 2.18. The van der Waals surface area contributed by atoms with Crippen molar-refractivity contribution in [3.63, 3.8) is 0 Å². The lowest BCUT2D eigenvalue weighted by Gasteiger charge is -2.01. The van der Waals surface area contributed by atoms with Gasteiger partial charge in [-0.1, -0.05) is 17.7 Å². The fraction of sp³-hybridized carbons (Fsp3) is 0. The predicted octanol–water partition coefficient (Wildman–Crippen LogP) is 1.40. The molecule has 0 unspecified atom stereocenters. The molecule has 1 aromatic rings. The summed E-state index contributed by atoms with van der Waals surface area (Å²) in [7, 11) is 0. The maximum Gasteiger partial charge on any atom is 0.218 e. The quantitative estimate of drug-likeness (QED) is 0.367. The van der Waals surface area contributed by atoms with Crippen LogP contribution in [0.2, 0.25) is 5.02 Å². The third-order valence-electron chi connectivity index (χ3n) is 1.28. The predicted molar refractivity (Wildman–Crippen MR) is 47.6 cm³/mol. The Bertz CT molecular complexity index is 322. The van der Waals surface area contributed by atoms with Crippen LogP contribution in [0.15, 0.2) is 23.2 Å². The zero-order valence-electron chi connectivity index (χ0n) is 6.46. The standard InChI is InChI=1S/C7H7ClFN3O/c8-4-2-1-3-5(9)6(4)11-7(10)12-13/h1-3,13H,(H3,10,11,12). The van der Waals surface area contributed by atoms with Crippen LogP contribution in [-0.2, 0) is 0 Å². The Morgan fingerprint density at radius 2 is 2.31 bits per heavy atom. The average Bonchev–Trinajstić information content (AvgIpc) is 2.11. The van der Waals surface area contributed by atoms with Crippen LogP contribution in [0.4, 0.5) is 10.1 Å². The Kier molecular flexibility index (Phi) is 3.05. The molecule has 4 N–H and O–H groups in total. The number of nitrogens with one attached hydrogen (secondary N) is 1. The molecule has 1 aromatic carbocycles. The van der Waals surface area contributed by atoms with Gasteiger partial charge in [0.15, 0.2) is 0 Å². The Morgan fingerprint density at radius 3 is 2.85 bits per heavy atom. The van der Waals surface area contributed by atoms with Crippen molar-refractivity contribution >= 4 is 23.2 Å². The Labute approximate surface area is 78.8 Å². The van der Waals surface area contributed by atoms with Crippen molar-refractivity contribution in [2.45, 2.75) is 0 Å². The van der Waals surface area contributed by atoms with Crippen molar-refractivity contribution in [3.8, 4) is 0 Å². The number of rotatable bonds is 1. The third-order valence-corrected chi connectivity index (χ3v) is 1.59. The SMILES string of the molecule is NC(=Nc1c(F)cccc1Cl)NO. The molecule has 0 aromatic heterocycles. The van der Waals surface area contributed by atoms with Gasteiger partial charge in [0.25, 0.3) is 0 Å². The summed E-state index contributed by atoms with van der Waals surface area (Å²) in [5.74, 6) is -0.933. The maximum atomic E-state index is 13.0.